The van der Waals surface area contributed by atoms with Crippen molar-refractivity contribution < 1.29 is 10.0 Å². The molecular formula is C12H18N2O4. The Bertz CT molecular complexity index is 468. The maximum absolute atomic E-state index is 11.6. The lowest BCUT2D eigenvalue weighted by molar-refractivity contribution is -0.385. The van der Waals surface area contributed by atoms with Crippen LogP contribution in [0.1, 0.15) is 31.2 Å². The molecule has 18 heavy (non-hydrogen) atoms. The third kappa shape index (κ3) is 3.96. The molecule has 0 saturated heterocycles. The molecule has 0 spiro atoms. The maximum atomic E-state index is 11.6. The van der Waals surface area contributed by atoms with E-state index in [0.29, 0.717) is 12.1 Å². The van der Waals surface area contributed by atoms with E-state index in [9.17, 15) is 14.9 Å². The average Bonchev–Trinajstić information content (AvgIpc) is 2.30. The highest BCUT2D eigenvalue weighted by molar-refractivity contribution is 5.35. The van der Waals surface area contributed by atoms with Crippen LogP contribution < -0.4 is 5.56 Å². The van der Waals surface area contributed by atoms with Crippen LogP contribution in [0.15, 0.2) is 17.1 Å². The molecule has 100 valence electrons. The molecule has 0 amide bonds. The van der Waals surface area contributed by atoms with Gasteiger partial charge in [-0.1, -0.05) is 12.8 Å². The highest BCUT2D eigenvalue weighted by Crippen LogP contribution is 2.14. The summed E-state index contributed by atoms with van der Waals surface area (Å²) < 4.78 is 1.38. The van der Waals surface area contributed by atoms with Gasteiger partial charge in [-0.15, -0.1) is 0 Å². The van der Waals surface area contributed by atoms with Gasteiger partial charge in [-0.25, -0.2) is 0 Å². The molecule has 1 aromatic heterocycles. The molecule has 0 aliphatic heterocycles. The Morgan fingerprint density at radius 3 is 2.61 bits per heavy atom. The Kier molecular flexibility index (Phi) is 5.51. The minimum atomic E-state index is -0.475. The molecule has 0 atom stereocenters. The first kappa shape index (κ1) is 14.4. The van der Waals surface area contributed by atoms with Crippen LogP contribution in [0.3, 0.4) is 0 Å². The number of nitrogens with zero attached hydrogens (tertiary/aromatic N) is 2. The zero-order valence-corrected chi connectivity index (χ0v) is 10.5. The summed E-state index contributed by atoms with van der Waals surface area (Å²) in [5, 5.41) is 19.4. The second-order valence-corrected chi connectivity index (χ2v) is 4.27. The van der Waals surface area contributed by atoms with Gasteiger partial charge in [-0.05, 0) is 19.8 Å². The van der Waals surface area contributed by atoms with E-state index in [2.05, 4.69) is 0 Å². The van der Waals surface area contributed by atoms with E-state index in [4.69, 9.17) is 5.11 Å². The molecule has 0 aliphatic rings. The number of hydrogen-bond acceptors (Lipinski definition) is 4. The van der Waals surface area contributed by atoms with Crippen LogP contribution in [0.2, 0.25) is 0 Å². The minimum Gasteiger partial charge on any atom is -0.396 e. The van der Waals surface area contributed by atoms with E-state index in [0.717, 1.165) is 25.7 Å². The SMILES string of the molecule is Cc1cc(=O)n(CCCCCCO)cc1[N+](=O)[O-]. The van der Waals surface area contributed by atoms with Gasteiger partial charge in [0, 0.05) is 24.8 Å². The summed E-state index contributed by atoms with van der Waals surface area (Å²) in [6, 6.07) is 1.30. The van der Waals surface area contributed by atoms with Crippen molar-refractivity contribution in [3.8, 4) is 0 Å². The van der Waals surface area contributed by atoms with E-state index < -0.39 is 4.92 Å². The summed E-state index contributed by atoms with van der Waals surface area (Å²) in [5.74, 6) is 0. The molecule has 0 fully saturated rings. The fourth-order valence-electron chi connectivity index (χ4n) is 1.77. The Morgan fingerprint density at radius 1 is 1.33 bits per heavy atom. The van der Waals surface area contributed by atoms with Gasteiger partial charge < -0.3 is 9.67 Å². The Hall–Kier alpha value is -1.69. The summed E-state index contributed by atoms with van der Waals surface area (Å²) in [6.07, 6.45) is 4.64. The molecule has 1 aromatic rings. The van der Waals surface area contributed by atoms with Gasteiger partial charge >= 0.3 is 0 Å². The second-order valence-electron chi connectivity index (χ2n) is 4.27. The number of nitro groups is 1. The van der Waals surface area contributed by atoms with E-state index in [1.54, 1.807) is 6.92 Å². The summed E-state index contributed by atoms with van der Waals surface area (Å²) in [4.78, 5) is 21.9. The van der Waals surface area contributed by atoms with Gasteiger partial charge in [0.2, 0.25) is 0 Å². The van der Waals surface area contributed by atoms with Crippen LogP contribution in [0.5, 0.6) is 0 Å². The molecule has 0 bridgehead atoms. The van der Waals surface area contributed by atoms with Gasteiger partial charge in [0.25, 0.3) is 11.2 Å². The summed E-state index contributed by atoms with van der Waals surface area (Å²) in [6.45, 7) is 2.21. The normalized spacial score (nSPS) is 10.6. The second kappa shape index (κ2) is 6.90. The number of pyridine rings is 1. The lowest BCUT2D eigenvalue weighted by atomic mass is 10.2. The van der Waals surface area contributed by atoms with Crippen LogP contribution in [0.25, 0.3) is 0 Å². The molecule has 0 radical (unpaired) electrons. The van der Waals surface area contributed by atoms with Gasteiger partial charge in [0.1, 0.15) is 0 Å². The number of aromatic nitrogens is 1. The minimum absolute atomic E-state index is 0.0232. The molecule has 1 rings (SSSR count). The van der Waals surface area contributed by atoms with Crippen molar-refractivity contribution in [1.82, 2.24) is 4.57 Å². The monoisotopic (exact) mass is 254 g/mol. The predicted molar refractivity (Wildman–Crippen MR) is 67.6 cm³/mol. The van der Waals surface area contributed by atoms with Crippen molar-refractivity contribution in [2.24, 2.45) is 0 Å². The Morgan fingerprint density at radius 2 is 2.00 bits per heavy atom. The van der Waals surface area contributed by atoms with E-state index in [-0.39, 0.29) is 17.9 Å². The fourth-order valence-corrected chi connectivity index (χ4v) is 1.77. The zero-order valence-electron chi connectivity index (χ0n) is 10.5. The number of unbranched alkanes of at least 4 members (excludes halogenated alkanes) is 3. The molecule has 0 aliphatic carbocycles. The van der Waals surface area contributed by atoms with Gasteiger partial charge in [-0.3, -0.25) is 14.9 Å². The van der Waals surface area contributed by atoms with E-state index >= 15 is 0 Å². The summed E-state index contributed by atoms with van der Waals surface area (Å²) in [7, 11) is 0. The number of aryl methyl sites for hydroxylation is 2. The van der Waals surface area contributed by atoms with Crippen LogP contribution >= 0.6 is 0 Å². The Labute approximate surface area is 105 Å². The smallest absolute Gasteiger partial charge is 0.288 e. The lowest BCUT2D eigenvalue weighted by Gasteiger charge is -2.06. The van der Waals surface area contributed by atoms with E-state index in [1.165, 1.54) is 16.8 Å². The van der Waals surface area contributed by atoms with Crippen molar-refractivity contribution in [3.05, 3.63) is 38.3 Å². The molecule has 6 heteroatoms. The highest BCUT2D eigenvalue weighted by atomic mass is 16.6. The molecule has 0 aromatic carbocycles. The van der Waals surface area contributed by atoms with Gasteiger partial charge in [0.05, 0.1) is 11.1 Å². The predicted octanol–water partition coefficient (Wildman–Crippen LogP) is 1.62. The van der Waals surface area contributed by atoms with Crippen LogP contribution in [0.4, 0.5) is 5.69 Å². The maximum Gasteiger partial charge on any atom is 0.288 e. The van der Waals surface area contributed by atoms with Crippen LogP contribution in [-0.2, 0) is 6.54 Å². The topological polar surface area (TPSA) is 85.4 Å². The molecule has 0 saturated carbocycles. The van der Waals surface area contributed by atoms with Crippen molar-refractivity contribution in [2.75, 3.05) is 6.61 Å². The quantitative estimate of drug-likeness (QED) is 0.455. The molecule has 6 nitrogen and oxygen atoms in total. The first-order valence-corrected chi connectivity index (χ1v) is 6.02. The number of hydrogen-bond donors (Lipinski definition) is 1. The van der Waals surface area contributed by atoms with Gasteiger partial charge in [0.15, 0.2) is 0 Å². The van der Waals surface area contributed by atoms with Crippen LogP contribution in [0, 0.1) is 17.0 Å². The van der Waals surface area contributed by atoms with Crippen molar-refractivity contribution in [2.45, 2.75) is 39.2 Å². The third-order valence-corrected chi connectivity index (χ3v) is 2.81. The van der Waals surface area contributed by atoms with Crippen molar-refractivity contribution in [3.63, 3.8) is 0 Å². The van der Waals surface area contributed by atoms with Gasteiger partial charge in [-0.2, -0.15) is 0 Å². The molecule has 1 heterocycles. The largest absolute Gasteiger partial charge is 0.396 e. The molecule has 0 unspecified atom stereocenters. The zero-order chi connectivity index (χ0) is 13.5. The molecular weight excluding hydrogens is 236 g/mol. The van der Waals surface area contributed by atoms with Crippen molar-refractivity contribution in [1.29, 1.82) is 0 Å². The number of rotatable bonds is 7. The summed E-state index contributed by atoms with van der Waals surface area (Å²) in [5.41, 5.74) is 0.159. The standard InChI is InChI=1S/C12H18N2O4/c1-10-8-12(16)13(9-11(10)14(17)18)6-4-2-3-5-7-15/h8-9,15H,2-7H2,1H3. The summed E-state index contributed by atoms with van der Waals surface area (Å²) >= 11 is 0. The highest BCUT2D eigenvalue weighted by Gasteiger charge is 2.12. The molecule has 1 N–H and O–H groups in total. The first-order chi connectivity index (χ1) is 8.56. The fraction of sp³-hybridized carbons (Fsp3) is 0.583. The Balaban J connectivity index is 2.68. The first-order valence-electron chi connectivity index (χ1n) is 6.02. The average molecular weight is 254 g/mol. The van der Waals surface area contributed by atoms with Crippen LogP contribution in [-0.4, -0.2) is 21.2 Å². The van der Waals surface area contributed by atoms with E-state index in [1.807, 2.05) is 0 Å². The van der Waals surface area contributed by atoms with Crippen molar-refractivity contribution >= 4 is 5.69 Å². The number of aliphatic hydroxyl groups excluding tert-OH is 1. The number of aliphatic hydroxyl groups is 1. The third-order valence-electron chi connectivity index (χ3n) is 2.81. The lowest BCUT2D eigenvalue weighted by Crippen LogP contribution is -2.20.